The topological polar surface area (TPSA) is 32.3 Å². The number of nitrogens with zero attached hydrogens (tertiary/aromatic N) is 1. The minimum absolute atomic E-state index is 0.304. The molecule has 0 bridgehead atoms. The Morgan fingerprint density at radius 3 is 2.69 bits per heavy atom. The van der Waals surface area contributed by atoms with Crippen LogP contribution >= 0.6 is 0 Å². The van der Waals surface area contributed by atoms with Gasteiger partial charge < -0.3 is 0 Å². The van der Waals surface area contributed by atoms with Gasteiger partial charge in [0.1, 0.15) is 0 Å². The summed E-state index contributed by atoms with van der Waals surface area (Å²) in [5.74, 6) is 0.304. The van der Waals surface area contributed by atoms with Gasteiger partial charge in [0.05, 0.1) is 0 Å². The molecular weight excluding hydrogens is 164 g/mol. The normalized spacial score (nSPS) is 30.4. The number of amides is 1. The third kappa shape index (κ3) is 1.70. The predicted octanol–water partition coefficient (Wildman–Crippen LogP) is 1.44. The minimum Gasteiger partial charge on any atom is -0.275 e. The molecule has 2 fully saturated rings. The largest absolute Gasteiger partial charge is 0.275 e. The van der Waals surface area contributed by atoms with Crippen LogP contribution in [0.25, 0.3) is 0 Å². The zero-order valence-corrected chi connectivity index (χ0v) is 8.25. The molecule has 1 saturated carbocycles. The van der Waals surface area contributed by atoms with Gasteiger partial charge in [-0.15, -0.1) is 0 Å². The summed E-state index contributed by atoms with van der Waals surface area (Å²) in [5.41, 5.74) is 3.32. The van der Waals surface area contributed by atoms with Crippen LogP contribution in [0.1, 0.15) is 45.4 Å². The van der Waals surface area contributed by atoms with Gasteiger partial charge in [0.2, 0.25) is 5.91 Å². The molecule has 0 aromatic heterocycles. The third-order valence-electron chi connectivity index (χ3n) is 3.19. The lowest BCUT2D eigenvalue weighted by Crippen LogP contribution is -2.43. The summed E-state index contributed by atoms with van der Waals surface area (Å²) in [5, 5.41) is 1.90. The highest BCUT2D eigenvalue weighted by atomic mass is 16.2. The Morgan fingerprint density at radius 2 is 2.15 bits per heavy atom. The molecule has 1 saturated heterocycles. The van der Waals surface area contributed by atoms with Crippen molar-refractivity contribution < 1.29 is 4.79 Å². The molecule has 1 aliphatic heterocycles. The Hall–Kier alpha value is -0.570. The lowest BCUT2D eigenvalue weighted by molar-refractivity contribution is -0.131. The number of hydrogen-bond donors (Lipinski definition) is 1. The quantitative estimate of drug-likeness (QED) is 0.701. The van der Waals surface area contributed by atoms with Crippen LogP contribution in [0.5, 0.6) is 0 Å². The first-order valence-corrected chi connectivity index (χ1v) is 5.39. The van der Waals surface area contributed by atoms with Crippen molar-refractivity contribution in [3.63, 3.8) is 0 Å². The Bertz CT molecular complexity index is 199. The Morgan fingerprint density at radius 1 is 1.46 bits per heavy atom. The molecule has 0 aromatic rings. The van der Waals surface area contributed by atoms with Crippen molar-refractivity contribution in [2.24, 2.45) is 0 Å². The fraction of sp³-hybridized carbons (Fsp3) is 0.900. The maximum atomic E-state index is 11.6. The van der Waals surface area contributed by atoms with Gasteiger partial charge in [-0.1, -0.05) is 19.8 Å². The molecule has 13 heavy (non-hydrogen) atoms. The molecule has 2 aliphatic rings. The van der Waals surface area contributed by atoms with Gasteiger partial charge >= 0.3 is 0 Å². The Balaban J connectivity index is 1.95. The highest BCUT2D eigenvalue weighted by Gasteiger charge is 2.34. The third-order valence-corrected chi connectivity index (χ3v) is 3.19. The van der Waals surface area contributed by atoms with Crippen LogP contribution in [0.15, 0.2) is 0 Å². The zero-order valence-electron chi connectivity index (χ0n) is 8.25. The van der Waals surface area contributed by atoms with Crippen LogP contribution in [0.2, 0.25) is 0 Å². The molecule has 1 heterocycles. The molecule has 0 radical (unpaired) electrons. The van der Waals surface area contributed by atoms with Crippen molar-refractivity contribution in [1.82, 2.24) is 10.4 Å². The second-order valence-corrected chi connectivity index (χ2v) is 4.14. The van der Waals surface area contributed by atoms with Crippen molar-refractivity contribution in [2.45, 2.75) is 57.5 Å². The van der Waals surface area contributed by atoms with E-state index in [2.05, 4.69) is 12.3 Å². The van der Waals surface area contributed by atoms with E-state index < -0.39 is 0 Å². The summed E-state index contributed by atoms with van der Waals surface area (Å²) in [6.07, 6.45) is 6.70. The standard InChI is InChI=1S/C10H18N2O/c1-2-8-7-10(13)12(11-8)9-5-3-4-6-9/h8-9,11H,2-7H2,1H3. The van der Waals surface area contributed by atoms with Crippen LogP contribution in [0.3, 0.4) is 0 Å². The molecular formula is C10H18N2O. The molecule has 0 spiro atoms. The van der Waals surface area contributed by atoms with Crippen molar-refractivity contribution >= 4 is 5.91 Å². The highest BCUT2D eigenvalue weighted by Crippen LogP contribution is 2.25. The van der Waals surface area contributed by atoms with Crippen molar-refractivity contribution in [1.29, 1.82) is 0 Å². The summed E-state index contributed by atoms with van der Waals surface area (Å²) < 4.78 is 0. The van der Waals surface area contributed by atoms with E-state index >= 15 is 0 Å². The van der Waals surface area contributed by atoms with Crippen molar-refractivity contribution in [2.75, 3.05) is 0 Å². The van der Waals surface area contributed by atoms with Gasteiger partial charge in [-0.05, 0) is 19.3 Å². The number of carbonyl (C=O) groups is 1. The molecule has 1 unspecified atom stereocenters. The SMILES string of the molecule is CCC1CC(=O)N(C2CCCC2)N1. The van der Waals surface area contributed by atoms with E-state index in [9.17, 15) is 4.79 Å². The maximum absolute atomic E-state index is 11.6. The zero-order chi connectivity index (χ0) is 9.26. The lowest BCUT2D eigenvalue weighted by atomic mass is 10.2. The number of rotatable bonds is 2. The Kier molecular flexibility index (Phi) is 2.54. The molecule has 0 aromatic carbocycles. The number of nitrogens with one attached hydrogen (secondary N) is 1. The molecule has 1 amide bonds. The van der Waals surface area contributed by atoms with E-state index in [0.29, 0.717) is 24.4 Å². The minimum atomic E-state index is 0.304. The average molecular weight is 182 g/mol. The molecule has 2 rings (SSSR count). The van der Waals surface area contributed by atoms with Crippen LogP contribution in [-0.2, 0) is 4.79 Å². The van der Waals surface area contributed by atoms with Crippen LogP contribution in [0, 0.1) is 0 Å². The second-order valence-electron chi connectivity index (χ2n) is 4.14. The molecule has 3 heteroatoms. The summed E-state index contributed by atoms with van der Waals surface area (Å²) >= 11 is 0. The van der Waals surface area contributed by atoms with Crippen LogP contribution in [0.4, 0.5) is 0 Å². The average Bonchev–Trinajstić information content (AvgIpc) is 2.72. The van der Waals surface area contributed by atoms with Gasteiger partial charge in [-0.3, -0.25) is 9.80 Å². The number of hydrazine groups is 1. The first-order chi connectivity index (χ1) is 6.31. The van der Waals surface area contributed by atoms with Gasteiger partial charge in [-0.25, -0.2) is 5.43 Å². The summed E-state index contributed by atoms with van der Waals surface area (Å²) in [4.78, 5) is 11.6. The van der Waals surface area contributed by atoms with Crippen molar-refractivity contribution in [3.05, 3.63) is 0 Å². The smallest absolute Gasteiger partial charge is 0.238 e. The van der Waals surface area contributed by atoms with E-state index in [-0.39, 0.29) is 0 Å². The van der Waals surface area contributed by atoms with E-state index in [0.717, 1.165) is 6.42 Å². The van der Waals surface area contributed by atoms with Crippen LogP contribution < -0.4 is 5.43 Å². The van der Waals surface area contributed by atoms with Crippen LogP contribution in [-0.4, -0.2) is 23.0 Å². The number of hydrogen-bond acceptors (Lipinski definition) is 2. The van der Waals surface area contributed by atoms with E-state index in [1.165, 1.54) is 25.7 Å². The molecule has 74 valence electrons. The van der Waals surface area contributed by atoms with E-state index in [1.807, 2.05) is 5.01 Å². The molecule has 1 aliphatic carbocycles. The van der Waals surface area contributed by atoms with Gasteiger partial charge in [0.25, 0.3) is 0 Å². The fourth-order valence-corrected chi connectivity index (χ4v) is 2.33. The number of carbonyl (C=O) groups excluding carboxylic acids is 1. The second kappa shape index (κ2) is 3.66. The predicted molar refractivity (Wildman–Crippen MR) is 50.9 cm³/mol. The molecule has 3 nitrogen and oxygen atoms in total. The first kappa shape index (κ1) is 9.00. The summed E-state index contributed by atoms with van der Waals surface area (Å²) in [6.45, 7) is 2.13. The van der Waals surface area contributed by atoms with E-state index in [4.69, 9.17) is 0 Å². The molecule has 1 atom stereocenters. The summed E-state index contributed by atoms with van der Waals surface area (Å²) in [6, 6.07) is 0.886. The fourth-order valence-electron chi connectivity index (χ4n) is 2.33. The van der Waals surface area contributed by atoms with Crippen molar-refractivity contribution in [3.8, 4) is 0 Å². The van der Waals surface area contributed by atoms with E-state index in [1.54, 1.807) is 0 Å². The Labute approximate surface area is 79.5 Å². The van der Waals surface area contributed by atoms with Gasteiger partial charge in [0.15, 0.2) is 0 Å². The van der Waals surface area contributed by atoms with Gasteiger partial charge in [-0.2, -0.15) is 0 Å². The lowest BCUT2D eigenvalue weighted by Gasteiger charge is -2.24. The monoisotopic (exact) mass is 182 g/mol. The highest BCUT2D eigenvalue weighted by molar-refractivity contribution is 5.78. The summed E-state index contributed by atoms with van der Waals surface area (Å²) in [7, 11) is 0. The van der Waals surface area contributed by atoms with Gasteiger partial charge in [0, 0.05) is 18.5 Å². The maximum Gasteiger partial charge on any atom is 0.238 e. The molecule has 1 N–H and O–H groups in total. The first-order valence-electron chi connectivity index (χ1n) is 5.39.